The number of rotatable bonds is 3. The van der Waals surface area contributed by atoms with Crippen molar-refractivity contribution in [3.63, 3.8) is 0 Å². The molecule has 1 aromatic rings. The summed E-state index contributed by atoms with van der Waals surface area (Å²) in [5.41, 5.74) is 2.94. The maximum atomic E-state index is 11.8. The standard InChI is InChI=1S/C12H14ClNO2/c13-5-3-12(16)14-6-4-10-2-1-9(8-15)7-11(10)14/h1-2,7,15H,3-6,8H2. The summed E-state index contributed by atoms with van der Waals surface area (Å²) in [6.45, 7) is 0.727. The molecule has 86 valence electrons. The molecule has 0 bridgehead atoms. The lowest BCUT2D eigenvalue weighted by Crippen LogP contribution is -2.28. The smallest absolute Gasteiger partial charge is 0.228 e. The van der Waals surface area contributed by atoms with Gasteiger partial charge in [-0.05, 0) is 23.6 Å². The normalized spacial score (nSPS) is 14.0. The molecule has 0 radical (unpaired) electrons. The molecule has 4 heteroatoms. The number of hydrogen-bond acceptors (Lipinski definition) is 2. The zero-order chi connectivity index (χ0) is 11.5. The number of alkyl halides is 1. The first-order chi connectivity index (χ1) is 7.76. The number of anilines is 1. The molecule has 1 aromatic carbocycles. The Hall–Kier alpha value is -1.06. The van der Waals surface area contributed by atoms with Crippen molar-refractivity contribution >= 4 is 23.2 Å². The highest BCUT2D eigenvalue weighted by atomic mass is 35.5. The average molecular weight is 240 g/mol. The molecule has 0 spiro atoms. The number of carbonyl (C=O) groups excluding carboxylic acids is 1. The first kappa shape index (κ1) is 11.4. The Labute approximate surface area is 99.6 Å². The number of nitrogens with zero attached hydrogens (tertiary/aromatic N) is 1. The van der Waals surface area contributed by atoms with Crippen molar-refractivity contribution in [2.75, 3.05) is 17.3 Å². The van der Waals surface area contributed by atoms with Crippen LogP contribution in [-0.4, -0.2) is 23.4 Å². The van der Waals surface area contributed by atoms with Crippen molar-refractivity contribution in [1.82, 2.24) is 0 Å². The zero-order valence-corrected chi connectivity index (χ0v) is 9.70. The van der Waals surface area contributed by atoms with Gasteiger partial charge in [0.15, 0.2) is 0 Å². The van der Waals surface area contributed by atoms with Crippen molar-refractivity contribution in [2.45, 2.75) is 19.4 Å². The molecule has 0 unspecified atom stereocenters. The maximum Gasteiger partial charge on any atom is 0.228 e. The zero-order valence-electron chi connectivity index (χ0n) is 8.95. The van der Waals surface area contributed by atoms with Gasteiger partial charge < -0.3 is 10.0 Å². The van der Waals surface area contributed by atoms with E-state index in [1.807, 2.05) is 18.2 Å². The lowest BCUT2D eigenvalue weighted by atomic mass is 10.1. The first-order valence-corrected chi connectivity index (χ1v) is 5.88. The van der Waals surface area contributed by atoms with E-state index in [-0.39, 0.29) is 12.5 Å². The van der Waals surface area contributed by atoms with Crippen LogP contribution >= 0.6 is 11.6 Å². The van der Waals surface area contributed by atoms with E-state index in [9.17, 15) is 4.79 Å². The van der Waals surface area contributed by atoms with Crippen LogP contribution in [0.4, 0.5) is 5.69 Å². The van der Waals surface area contributed by atoms with Crippen LogP contribution in [-0.2, 0) is 17.8 Å². The summed E-state index contributed by atoms with van der Waals surface area (Å²) in [6.07, 6.45) is 1.25. The highest BCUT2D eigenvalue weighted by Gasteiger charge is 2.23. The molecule has 0 aliphatic carbocycles. The molecule has 0 fully saturated rings. The van der Waals surface area contributed by atoms with E-state index in [2.05, 4.69) is 0 Å². The number of aliphatic hydroxyl groups is 1. The van der Waals surface area contributed by atoms with Gasteiger partial charge in [0.05, 0.1) is 6.61 Å². The van der Waals surface area contributed by atoms with E-state index >= 15 is 0 Å². The lowest BCUT2D eigenvalue weighted by molar-refractivity contribution is -0.118. The van der Waals surface area contributed by atoms with Gasteiger partial charge in [-0.15, -0.1) is 11.6 Å². The lowest BCUT2D eigenvalue weighted by Gasteiger charge is -2.17. The Balaban J connectivity index is 2.27. The van der Waals surface area contributed by atoms with Crippen LogP contribution in [0, 0.1) is 0 Å². The van der Waals surface area contributed by atoms with E-state index in [0.717, 1.165) is 24.2 Å². The summed E-state index contributed by atoms with van der Waals surface area (Å²) in [7, 11) is 0. The molecule has 2 rings (SSSR count). The molecule has 0 aromatic heterocycles. The second-order valence-corrected chi connectivity index (χ2v) is 4.23. The van der Waals surface area contributed by atoms with Gasteiger partial charge in [-0.3, -0.25) is 4.79 Å². The Bertz CT molecular complexity index is 406. The van der Waals surface area contributed by atoms with Crippen molar-refractivity contribution < 1.29 is 9.90 Å². The Morgan fingerprint density at radius 3 is 3.00 bits per heavy atom. The first-order valence-electron chi connectivity index (χ1n) is 5.35. The molecule has 3 nitrogen and oxygen atoms in total. The molecule has 1 aliphatic heterocycles. The van der Waals surface area contributed by atoms with Crippen molar-refractivity contribution in [3.8, 4) is 0 Å². The second kappa shape index (κ2) is 4.85. The van der Waals surface area contributed by atoms with Crippen molar-refractivity contribution in [3.05, 3.63) is 29.3 Å². The van der Waals surface area contributed by atoms with E-state index in [1.54, 1.807) is 4.90 Å². The second-order valence-electron chi connectivity index (χ2n) is 3.86. The molecule has 1 heterocycles. The van der Waals surface area contributed by atoms with Crippen LogP contribution in [0.15, 0.2) is 18.2 Å². The number of amides is 1. The molecule has 0 saturated carbocycles. The van der Waals surface area contributed by atoms with E-state index in [1.165, 1.54) is 5.56 Å². The average Bonchev–Trinajstić information content (AvgIpc) is 2.71. The summed E-state index contributed by atoms with van der Waals surface area (Å²) in [6, 6.07) is 5.76. The van der Waals surface area contributed by atoms with Crippen LogP contribution in [0.1, 0.15) is 17.5 Å². The molecule has 0 atom stereocenters. The molecular formula is C12H14ClNO2. The SMILES string of the molecule is O=C(CCCl)N1CCc2ccc(CO)cc21. The fraction of sp³-hybridized carbons (Fsp3) is 0.417. The third-order valence-electron chi connectivity index (χ3n) is 2.84. The maximum absolute atomic E-state index is 11.8. The summed E-state index contributed by atoms with van der Waals surface area (Å²) >= 11 is 5.57. The summed E-state index contributed by atoms with van der Waals surface area (Å²) < 4.78 is 0. The summed E-state index contributed by atoms with van der Waals surface area (Å²) in [5, 5.41) is 9.07. The molecule has 16 heavy (non-hydrogen) atoms. The molecule has 1 N–H and O–H groups in total. The van der Waals surface area contributed by atoms with E-state index < -0.39 is 0 Å². The number of carbonyl (C=O) groups is 1. The predicted molar refractivity (Wildman–Crippen MR) is 63.8 cm³/mol. The van der Waals surface area contributed by atoms with Crippen LogP contribution in [0.3, 0.4) is 0 Å². The molecular weight excluding hydrogens is 226 g/mol. The van der Waals surface area contributed by atoms with Crippen LogP contribution in [0.2, 0.25) is 0 Å². The highest BCUT2D eigenvalue weighted by molar-refractivity contribution is 6.19. The third-order valence-corrected chi connectivity index (χ3v) is 3.03. The minimum Gasteiger partial charge on any atom is -0.392 e. The van der Waals surface area contributed by atoms with Crippen LogP contribution in [0.5, 0.6) is 0 Å². The number of benzene rings is 1. The number of halogens is 1. The number of aliphatic hydroxyl groups excluding tert-OH is 1. The van der Waals surface area contributed by atoms with Gasteiger partial charge >= 0.3 is 0 Å². The fourth-order valence-corrected chi connectivity index (χ4v) is 2.16. The monoisotopic (exact) mass is 239 g/mol. The van der Waals surface area contributed by atoms with Crippen LogP contribution in [0.25, 0.3) is 0 Å². The van der Waals surface area contributed by atoms with Gasteiger partial charge in [-0.25, -0.2) is 0 Å². The van der Waals surface area contributed by atoms with Gasteiger partial charge in [-0.2, -0.15) is 0 Å². The quantitative estimate of drug-likeness (QED) is 0.816. The number of fused-ring (bicyclic) bond motifs is 1. The van der Waals surface area contributed by atoms with Gasteiger partial charge in [0.2, 0.25) is 5.91 Å². The van der Waals surface area contributed by atoms with Gasteiger partial charge in [0, 0.05) is 24.5 Å². The topological polar surface area (TPSA) is 40.5 Å². The number of hydrogen-bond donors (Lipinski definition) is 1. The largest absolute Gasteiger partial charge is 0.392 e. The van der Waals surface area contributed by atoms with E-state index in [0.29, 0.717) is 12.3 Å². The predicted octanol–water partition coefficient (Wildman–Crippen LogP) is 1.70. The summed E-state index contributed by atoms with van der Waals surface area (Å²) in [4.78, 5) is 13.5. The van der Waals surface area contributed by atoms with Crippen LogP contribution < -0.4 is 4.90 Å². The van der Waals surface area contributed by atoms with Crippen molar-refractivity contribution in [1.29, 1.82) is 0 Å². The Morgan fingerprint density at radius 1 is 1.50 bits per heavy atom. The minimum absolute atomic E-state index is 0.00478. The van der Waals surface area contributed by atoms with Gasteiger partial charge in [0.25, 0.3) is 0 Å². The summed E-state index contributed by atoms with van der Waals surface area (Å²) in [5.74, 6) is 0.411. The Morgan fingerprint density at radius 2 is 2.31 bits per heavy atom. The third kappa shape index (κ3) is 2.06. The molecule has 1 amide bonds. The highest BCUT2D eigenvalue weighted by Crippen LogP contribution is 2.29. The molecule has 1 aliphatic rings. The molecule has 0 saturated heterocycles. The Kier molecular flexibility index (Phi) is 3.46. The minimum atomic E-state index is 0.00478. The van der Waals surface area contributed by atoms with Crippen molar-refractivity contribution in [2.24, 2.45) is 0 Å². The van der Waals surface area contributed by atoms with Gasteiger partial charge in [-0.1, -0.05) is 12.1 Å². The van der Waals surface area contributed by atoms with Gasteiger partial charge in [0.1, 0.15) is 0 Å². The van der Waals surface area contributed by atoms with E-state index in [4.69, 9.17) is 16.7 Å². The fourth-order valence-electron chi connectivity index (χ4n) is 2.00.